The van der Waals surface area contributed by atoms with Crippen molar-refractivity contribution in [1.82, 2.24) is 10.2 Å². The van der Waals surface area contributed by atoms with Gasteiger partial charge in [0.1, 0.15) is 12.2 Å². The van der Waals surface area contributed by atoms with E-state index in [9.17, 15) is 14.7 Å². The molecule has 1 aliphatic rings. The van der Waals surface area contributed by atoms with Gasteiger partial charge in [-0.1, -0.05) is 23.7 Å². The minimum absolute atomic E-state index is 0.191. The third-order valence-electron chi connectivity index (χ3n) is 3.73. The van der Waals surface area contributed by atoms with Gasteiger partial charge in [-0.15, -0.1) is 0 Å². The SMILES string of the molecule is COC(=O)NCCOC(c1cccc(Cl)c1)[C@@H]1CN(C(=O)O)CCO1. The minimum Gasteiger partial charge on any atom is -0.465 e. The van der Waals surface area contributed by atoms with Gasteiger partial charge < -0.3 is 29.5 Å². The van der Waals surface area contributed by atoms with Crippen molar-refractivity contribution < 1.29 is 28.9 Å². The molecule has 1 aromatic rings. The highest BCUT2D eigenvalue weighted by Gasteiger charge is 2.32. The Bertz CT molecular complexity index is 600. The molecule has 1 fully saturated rings. The summed E-state index contributed by atoms with van der Waals surface area (Å²) in [5.74, 6) is 0. The lowest BCUT2D eigenvalue weighted by atomic mass is 10.0. The predicted molar refractivity (Wildman–Crippen MR) is 89.9 cm³/mol. The molecule has 0 bridgehead atoms. The van der Waals surface area contributed by atoms with Crippen LogP contribution in [0.15, 0.2) is 24.3 Å². The maximum Gasteiger partial charge on any atom is 0.407 e. The van der Waals surface area contributed by atoms with Crippen LogP contribution in [0.2, 0.25) is 5.02 Å². The number of halogens is 1. The Hall–Kier alpha value is -2.03. The zero-order valence-electron chi connectivity index (χ0n) is 13.8. The molecule has 8 nitrogen and oxygen atoms in total. The average molecular weight is 373 g/mol. The summed E-state index contributed by atoms with van der Waals surface area (Å²) < 4.78 is 16.1. The van der Waals surface area contributed by atoms with Crippen LogP contribution in [0.1, 0.15) is 11.7 Å². The van der Waals surface area contributed by atoms with Gasteiger partial charge in [0.15, 0.2) is 0 Å². The predicted octanol–water partition coefficient (Wildman–Crippen LogP) is 2.13. The van der Waals surface area contributed by atoms with E-state index in [0.29, 0.717) is 11.6 Å². The largest absolute Gasteiger partial charge is 0.465 e. The number of carboxylic acid groups (broad SMARTS) is 1. The molecule has 138 valence electrons. The van der Waals surface area contributed by atoms with E-state index in [2.05, 4.69) is 10.1 Å². The highest BCUT2D eigenvalue weighted by molar-refractivity contribution is 6.30. The molecule has 1 heterocycles. The number of ether oxygens (including phenoxy) is 3. The molecule has 0 spiro atoms. The van der Waals surface area contributed by atoms with Crippen molar-refractivity contribution in [1.29, 1.82) is 0 Å². The first-order valence-electron chi connectivity index (χ1n) is 7.79. The molecule has 0 radical (unpaired) electrons. The van der Waals surface area contributed by atoms with Crippen molar-refractivity contribution in [3.05, 3.63) is 34.9 Å². The number of rotatable bonds is 6. The van der Waals surface area contributed by atoms with E-state index in [1.54, 1.807) is 18.2 Å². The van der Waals surface area contributed by atoms with Crippen molar-refractivity contribution in [2.45, 2.75) is 12.2 Å². The Morgan fingerprint density at radius 3 is 3.00 bits per heavy atom. The lowest BCUT2D eigenvalue weighted by Crippen LogP contribution is -2.47. The molecule has 9 heteroatoms. The van der Waals surface area contributed by atoms with E-state index >= 15 is 0 Å². The molecule has 2 N–H and O–H groups in total. The molecule has 25 heavy (non-hydrogen) atoms. The lowest BCUT2D eigenvalue weighted by molar-refractivity contribution is -0.108. The standard InChI is InChI=1S/C16H21ClN2O6/c1-23-15(20)18-5-7-25-14(11-3-2-4-12(17)9-11)13-10-19(16(21)22)6-8-24-13/h2-4,9,13-14H,5-8,10H2,1H3,(H,18,20)(H,21,22)/t13-,14?/m0/s1. The summed E-state index contributed by atoms with van der Waals surface area (Å²) in [5, 5.41) is 12.3. The van der Waals surface area contributed by atoms with Crippen molar-refractivity contribution in [3.8, 4) is 0 Å². The molecule has 2 amide bonds. The Labute approximate surface area is 150 Å². The first kappa shape index (κ1) is 19.3. The van der Waals surface area contributed by atoms with Gasteiger partial charge in [-0.25, -0.2) is 9.59 Å². The maximum absolute atomic E-state index is 11.2. The molecule has 0 aliphatic carbocycles. The second-order valence-electron chi connectivity index (χ2n) is 5.40. The summed E-state index contributed by atoms with van der Waals surface area (Å²) in [6.07, 6.45) is -2.53. The molecular formula is C16H21ClN2O6. The molecule has 2 rings (SSSR count). The van der Waals surface area contributed by atoms with Crippen LogP contribution in [-0.4, -0.2) is 68.3 Å². The first-order valence-corrected chi connectivity index (χ1v) is 8.17. The highest BCUT2D eigenvalue weighted by atomic mass is 35.5. The first-order chi connectivity index (χ1) is 12.0. The maximum atomic E-state index is 11.2. The van der Waals surface area contributed by atoms with Crippen molar-refractivity contribution in [2.24, 2.45) is 0 Å². The van der Waals surface area contributed by atoms with Gasteiger partial charge in [0.25, 0.3) is 0 Å². The van der Waals surface area contributed by atoms with Gasteiger partial charge in [0.05, 0.1) is 26.9 Å². The Kier molecular flexibility index (Phi) is 7.30. The van der Waals surface area contributed by atoms with E-state index in [1.807, 2.05) is 6.07 Å². The number of morpholine rings is 1. The van der Waals surface area contributed by atoms with E-state index in [-0.39, 0.29) is 26.3 Å². The lowest BCUT2D eigenvalue weighted by Gasteiger charge is -2.35. The number of hydrogen-bond donors (Lipinski definition) is 2. The van der Waals surface area contributed by atoms with E-state index in [4.69, 9.17) is 21.1 Å². The molecule has 0 aromatic heterocycles. The summed E-state index contributed by atoms with van der Waals surface area (Å²) in [7, 11) is 1.28. The van der Waals surface area contributed by atoms with Crippen LogP contribution in [0.25, 0.3) is 0 Å². The molecule has 1 aromatic carbocycles. The summed E-state index contributed by atoms with van der Waals surface area (Å²) >= 11 is 6.05. The van der Waals surface area contributed by atoms with Crippen LogP contribution in [0.5, 0.6) is 0 Å². The summed E-state index contributed by atoms with van der Waals surface area (Å²) in [5.41, 5.74) is 0.780. The second kappa shape index (κ2) is 9.45. The number of amides is 2. The van der Waals surface area contributed by atoms with Crippen molar-refractivity contribution in [2.75, 3.05) is 40.0 Å². The zero-order valence-corrected chi connectivity index (χ0v) is 14.6. The van der Waals surface area contributed by atoms with E-state index in [0.717, 1.165) is 5.56 Å². The normalized spacial score (nSPS) is 18.5. The third kappa shape index (κ3) is 5.77. The summed E-state index contributed by atoms with van der Waals surface area (Å²) in [6, 6.07) is 7.13. The number of benzene rings is 1. The van der Waals surface area contributed by atoms with Crippen LogP contribution in [0, 0.1) is 0 Å². The van der Waals surface area contributed by atoms with Gasteiger partial charge in [-0.05, 0) is 17.7 Å². The molecule has 0 saturated carbocycles. The fourth-order valence-electron chi connectivity index (χ4n) is 2.55. The summed E-state index contributed by atoms with van der Waals surface area (Å²) in [6.45, 7) is 1.26. The molecule has 1 unspecified atom stereocenters. The fourth-order valence-corrected chi connectivity index (χ4v) is 2.74. The smallest absolute Gasteiger partial charge is 0.407 e. The topological polar surface area (TPSA) is 97.3 Å². The van der Waals surface area contributed by atoms with Crippen LogP contribution in [0.4, 0.5) is 9.59 Å². The number of alkyl carbamates (subject to hydrolysis) is 1. The Balaban J connectivity index is 2.06. The Morgan fingerprint density at radius 1 is 1.52 bits per heavy atom. The second-order valence-corrected chi connectivity index (χ2v) is 5.84. The minimum atomic E-state index is -0.995. The van der Waals surface area contributed by atoms with Crippen LogP contribution in [0.3, 0.4) is 0 Å². The van der Waals surface area contributed by atoms with Crippen LogP contribution < -0.4 is 5.32 Å². The van der Waals surface area contributed by atoms with Crippen LogP contribution in [-0.2, 0) is 14.2 Å². The van der Waals surface area contributed by atoms with Gasteiger partial charge in [0, 0.05) is 18.1 Å². The number of carbonyl (C=O) groups excluding carboxylic acids is 1. The van der Waals surface area contributed by atoms with Crippen molar-refractivity contribution >= 4 is 23.8 Å². The van der Waals surface area contributed by atoms with Gasteiger partial charge in [0.2, 0.25) is 0 Å². The molecule has 1 saturated heterocycles. The quantitative estimate of drug-likeness (QED) is 0.742. The number of hydrogen-bond acceptors (Lipinski definition) is 5. The van der Waals surface area contributed by atoms with Gasteiger partial charge in [-0.2, -0.15) is 0 Å². The van der Waals surface area contributed by atoms with Gasteiger partial charge in [-0.3, -0.25) is 0 Å². The van der Waals surface area contributed by atoms with E-state index < -0.39 is 24.4 Å². The monoisotopic (exact) mass is 372 g/mol. The highest BCUT2D eigenvalue weighted by Crippen LogP contribution is 2.28. The van der Waals surface area contributed by atoms with E-state index in [1.165, 1.54) is 12.0 Å². The van der Waals surface area contributed by atoms with Gasteiger partial charge >= 0.3 is 12.2 Å². The fraction of sp³-hybridized carbons (Fsp3) is 0.500. The number of nitrogens with one attached hydrogen (secondary N) is 1. The number of nitrogens with zero attached hydrogens (tertiary/aromatic N) is 1. The third-order valence-corrected chi connectivity index (χ3v) is 3.97. The molecule has 1 aliphatic heterocycles. The average Bonchev–Trinajstić information content (AvgIpc) is 2.61. The number of methoxy groups -OCH3 is 1. The number of carbonyl (C=O) groups is 2. The summed E-state index contributed by atoms with van der Waals surface area (Å²) in [4.78, 5) is 23.6. The van der Waals surface area contributed by atoms with Crippen LogP contribution >= 0.6 is 11.6 Å². The molecule has 2 atom stereocenters. The van der Waals surface area contributed by atoms with Crippen molar-refractivity contribution in [3.63, 3.8) is 0 Å². The zero-order chi connectivity index (χ0) is 18.2. The molecular weight excluding hydrogens is 352 g/mol. The Morgan fingerprint density at radius 2 is 2.32 bits per heavy atom.